The van der Waals surface area contributed by atoms with Crippen molar-refractivity contribution in [3.63, 3.8) is 0 Å². The topological polar surface area (TPSA) is 115 Å². The third kappa shape index (κ3) is 4.62. The lowest BCUT2D eigenvalue weighted by atomic mass is 9.95. The average molecular weight is 415 g/mol. The van der Waals surface area contributed by atoms with Gasteiger partial charge in [-0.15, -0.1) is 0 Å². The number of nitrogen functional groups attached to an aromatic ring is 1. The molecule has 1 aliphatic heterocycles. The van der Waals surface area contributed by atoms with Gasteiger partial charge < -0.3 is 16.4 Å². The molecule has 2 heterocycles. The fourth-order valence-electron chi connectivity index (χ4n) is 3.89. The molecule has 7 heteroatoms. The van der Waals surface area contributed by atoms with E-state index in [0.717, 1.165) is 37.2 Å². The molecule has 0 unspecified atom stereocenters. The number of Topliss-reactive ketones (excluding diaryl/α,β-unsaturated/α-hetero) is 1. The van der Waals surface area contributed by atoms with Crippen LogP contribution in [-0.4, -0.2) is 40.7 Å². The lowest BCUT2D eigenvalue weighted by Crippen LogP contribution is -2.40. The molecule has 7 nitrogen and oxygen atoms in total. The first kappa shape index (κ1) is 20.7. The van der Waals surface area contributed by atoms with Crippen LogP contribution in [0, 0.1) is 0 Å². The molecule has 1 aliphatic rings. The minimum Gasteiger partial charge on any atom is -0.382 e. The molecule has 2 aromatic carbocycles. The highest BCUT2D eigenvalue weighted by atomic mass is 16.1. The van der Waals surface area contributed by atoms with E-state index in [1.54, 1.807) is 12.1 Å². The average Bonchev–Trinajstić information content (AvgIpc) is 2.80. The van der Waals surface area contributed by atoms with Crippen molar-refractivity contribution < 1.29 is 9.59 Å². The van der Waals surface area contributed by atoms with E-state index in [0.29, 0.717) is 11.1 Å². The minimum absolute atomic E-state index is 0.0800. The molecule has 1 aromatic heterocycles. The number of anilines is 2. The SMILES string of the molecule is Nc1nccnc1C(=O)Cc1cc(C(=O)c2ccccc2)ccc1N1CCC(N)CC1. The smallest absolute Gasteiger partial charge is 0.193 e. The Hall–Kier alpha value is -3.58. The Balaban J connectivity index is 1.69. The molecule has 0 atom stereocenters. The number of benzene rings is 2. The van der Waals surface area contributed by atoms with Crippen LogP contribution in [0.3, 0.4) is 0 Å². The van der Waals surface area contributed by atoms with Crippen LogP contribution in [-0.2, 0) is 6.42 Å². The van der Waals surface area contributed by atoms with Crippen molar-refractivity contribution in [3.8, 4) is 0 Å². The number of carbonyl (C=O) groups is 2. The summed E-state index contributed by atoms with van der Waals surface area (Å²) in [4.78, 5) is 36.2. The maximum atomic E-state index is 13.0. The second-order valence-electron chi connectivity index (χ2n) is 7.75. The van der Waals surface area contributed by atoms with Gasteiger partial charge in [0.25, 0.3) is 0 Å². The van der Waals surface area contributed by atoms with E-state index in [9.17, 15) is 9.59 Å². The standard InChI is InChI=1S/C24H25N5O2/c25-19-8-12-29(13-9-19)20-7-6-17(23(31)16-4-2-1-3-5-16)14-18(20)15-21(30)22-24(26)28-11-10-27-22/h1-7,10-11,14,19H,8-9,12-13,15,25H2,(H2,26,28). The summed E-state index contributed by atoms with van der Waals surface area (Å²) in [6, 6.07) is 14.9. The van der Waals surface area contributed by atoms with E-state index in [-0.39, 0.29) is 35.5 Å². The van der Waals surface area contributed by atoms with E-state index in [1.165, 1.54) is 12.4 Å². The molecule has 0 spiro atoms. The Labute approximate surface area is 181 Å². The number of nitrogens with zero attached hydrogens (tertiary/aromatic N) is 3. The molecule has 0 aliphatic carbocycles. The van der Waals surface area contributed by atoms with Crippen molar-refractivity contribution in [2.24, 2.45) is 5.73 Å². The summed E-state index contributed by atoms with van der Waals surface area (Å²) >= 11 is 0. The molecule has 31 heavy (non-hydrogen) atoms. The van der Waals surface area contributed by atoms with Crippen LogP contribution in [0.5, 0.6) is 0 Å². The molecular formula is C24H25N5O2. The van der Waals surface area contributed by atoms with Gasteiger partial charge in [-0.1, -0.05) is 30.3 Å². The molecule has 4 N–H and O–H groups in total. The Morgan fingerprint density at radius 2 is 1.68 bits per heavy atom. The van der Waals surface area contributed by atoms with Crippen LogP contribution >= 0.6 is 0 Å². The lowest BCUT2D eigenvalue weighted by molar-refractivity contribution is 0.0986. The van der Waals surface area contributed by atoms with Crippen molar-refractivity contribution in [3.05, 3.63) is 83.3 Å². The van der Waals surface area contributed by atoms with Gasteiger partial charge in [0.1, 0.15) is 5.69 Å². The van der Waals surface area contributed by atoms with Gasteiger partial charge in [-0.25, -0.2) is 9.97 Å². The molecule has 1 fully saturated rings. The summed E-state index contributed by atoms with van der Waals surface area (Å²) in [5.74, 6) is -0.208. The van der Waals surface area contributed by atoms with E-state index >= 15 is 0 Å². The van der Waals surface area contributed by atoms with Gasteiger partial charge >= 0.3 is 0 Å². The first-order valence-corrected chi connectivity index (χ1v) is 10.4. The van der Waals surface area contributed by atoms with Crippen molar-refractivity contribution in [1.82, 2.24) is 9.97 Å². The van der Waals surface area contributed by atoms with Gasteiger partial charge in [0.15, 0.2) is 17.4 Å². The van der Waals surface area contributed by atoms with Crippen molar-refractivity contribution in [2.75, 3.05) is 23.7 Å². The summed E-state index contributed by atoms with van der Waals surface area (Å²) in [6.45, 7) is 1.61. The third-order valence-electron chi connectivity index (χ3n) is 5.60. The zero-order valence-corrected chi connectivity index (χ0v) is 17.2. The van der Waals surface area contributed by atoms with Crippen molar-refractivity contribution in [2.45, 2.75) is 25.3 Å². The van der Waals surface area contributed by atoms with Crippen LogP contribution in [0.2, 0.25) is 0 Å². The van der Waals surface area contributed by atoms with Gasteiger partial charge in [0, 0.05) is 54.8 Å². The van der Waals surface area contributed by atoms with Gasteiger partial charge in [0.05, 0.1) is 0 Å². The molecule has 0 bridgehead atoms. The quantitative estimate of drug-likeness (QED) is 0.595. The minimum atomic E-state index is -0.232. The second-order valence-corrected chi connectivity index (χ2v) is 7.75. The summed E-state index contributed by atoms with van der Waals surface area (Å²) < 4.78 is 0. The Morgan fingerprint density at radius 1 is 0.968 bits per heavy atom. The van der Waals surface area contributed by atoms with Gasteiger partial charge in [0.2, 0.25) is 0 Å². The normalized spacial score (nSPS) is 14.4. The number of carbonyl (C=O) groups excluding carboxylic acids is 2. The number of hydrogen-bond acceptors (Lipinski definition) is 7. The van der Waals surface area contributed by atoms with Crippen molar-refractivity contribution >= 4 is 23.1 Å². The lowest BCUT2D eigenvalue weighted by Gasteiger charge is -2.33. The summed E-state index contributed by atoms with van der Waals surface area (Å²) in [5, 5.41) is 0. The Bertz CT molecular complexity index is 1090. The highest BCUT2D eigenvalue weighted by molar-refractivity contribution is 6.09. The van der Waals surface area contributed by atoms with E-state index in [4.69, 9.17) is 11.5 Å². The second kappa shape index (κ2) is 9.06. The summed E-state index contributed by atoms with van der Waals surface area (Å²) in [7, 11) is 0. The van der Waals surface area contributed by atoms with Crippen molar-refractivity contribution in [1.29, 1.82) is 0 Å². The molecule has 3 aromatic rings. The fraction of sp³-hybridized carbons (Fsp3) is 0.250. The maximum Gasteiger partial charge on any atom is 0.193 e. The van der Waals surface area contributed by atoms with Crippen LogP contribution in [0.4, 0.5) is 11.5 Å². The van der Waals surface area contributed by atoms with E-state index in [1.807, 2.05) is 36.4 Å². The zero-order chi connectivity index (χ0) is 21.8. The number of ketones is 2. The third-order valence-corrected chi connectivity index (χ3v) is 5.60. The van der Waals surface area contributed by atoms with Crippen LogP contribution in [0.25, 0.3) is 0 Å². The van der Waals surface area contributed by atoms with Crippen LogP contribution < -0.4 is 16.4 Å². The Morgan fingerprint density at radius 3 is 2.39 bits per heavy atom. The maximum absolute atomic E-state index is 13.0. The van der Waals surface area contributed by atoms with Gasteiger partial charge in [-0.05, 0) is 36.6 Å². The van der Waals surface area contributed by atoms with Crippen LogP contribution in [0.1, 0.15) is 44.8 Å². The zero-order valence-electron chi connectivity index (χ0n) is 17.2. The number of rotatable bonds is 6. The number of nitrogens with two attached hydrogens (primary N) is 2. The predicted octanol–water partition coefficient (Wildman–Crippen LogP) is 2.64. The van der Waals surface area contributed by atoms with E-state index < -0.39 is 0 Å². The molecule has 0 amide bonds. The molecule has 0 radical (unpaired) electrons. The monoisotopic (exact) mass is 415 g/mol. The highest BCUT2D eigenvalue weighted by Crippen LogP contribution is 2.28. The number of piperidine rings is 1. The first-order valence-electron chi connectivity index (χ1n) is 10.4. The fourth-order valence-corrected chi connectivity index (χ4v) is 3.89. The molecule has 1 saturated heterocycles. The highest BCUT2D eigenvalue weighted by Gasteiger charge is 2.22. The Kier molecular flexibility index (Phi) is 6.04. The molecule has 158 valence electrons. The number of hydrogen-bond donors (Lipinski definition) is 2. The van der Waals surface area contributed by atoms with E-state index in [2.05, 4.69) is 14.9 Å². The number of aromatic nitrogens is 2. The first-order chi connectivity index (χ1) is 15.0. The predicted molar refractivity (Wildman–Crippen MR) is 120 cm³/mol. The van der Waals surface area contributed by atoms with Gasteiger partial charge in [-0.3, -0.25) is 9.59 Å². The molecule has 0 saturated carbocycles. The summed E-state index contributed by atoms with van der Waals surface area (Å²) in [6.07, 6.45) is 4.75. The molecular weight excluding hydrogens is 390 g/mol. The summed E-state index contributed by atoms with van der Waals surface area (Å²) in [5.41, 5.74) is 14.9. The largest absolute Gasteiger partial charge is 0.382 e. The van der Waals surface area contributed by atoms with Gasteiger partial charge in [-0.2, -0.15) is 0 Å². The molecule has 4 rings (SSSR count). The van der Waals surface area contributed by atoms with Crippen LogP contribution in [0.15, 0.2) is 60.9 Å².